The van der Waals surface area contributed by atoms with Gasteiger partial charge in [-0.25, -0.2) is 4.99 Å². The monoisotopic (exact) mass is 506 g/mol. The molecule has 0 spiro atoms. The molecule has 190 valence electrons. The Bertz CT molecular complexity index is 1260. The van der Waals surface area contributed by atoms with Crippen LogP contribution in [0.4, 0.5) is 10.7 Å². The second-order valence-electron chi connectivity index (χ2n) is 10.0. The lowest BCUT2D eigenvalue weighted by molar-refractivity contribution is 0.102. The maximum Gasteiger partial charge on any atom is 0.259 e. The van der Waals surface area contributed by atoms with Crippen LogP contribution in [0.2, 0.25) is 0 Å². The number of carbonyl (C=O) groups excluding carboxylic acids is 1. The molecule has 36 heavy (non-hydrogen) atoms. The second kappa shape index (κ2) is 10.7. The van der Waals surface area contributed by atoms with Crippen molar-refractivity contribution in [3.05, 3.63) is 64.0 Å². The van der Waals surface area contributed by atoms with Gasteiger partial charge < -0.3 is 19.5 Å². The molecule has 1 amide bonds. The van der Waals surface area contributed by atoms with Gasteiger partial charge in [0.1, 0.15) is 10.8 Å². The summed E-state index contributed by atoms with van der Waals surface area (Å²) in [5, 5.41) is 3.77. The third kappa shape index (κ3) is 5.41. The minimum absolute atomic E-state index is 0.142. The van der Waals surface area contributed by atoms with Crippen LogP contribution in [-0.4, -0.2) is 33.5 Å². The van der Waals surface area contributed by atoms with Gasteiger partial charge in [0.2, 0.25) is 0 Å². The molecule has 0 fully saturated rings. The van der Waals surface area contributed by atoms with E-state index in [1.807, 2.05) is 42.5 Å². The summed E-state index contributed by atoms with van der Waals surface area (Å²) in [4.78, 5) is 19.7. The first-order valence-corrected chi connectivity index (χ1v) is 12.9. The Balaban J connectivity index is 1.72. The molecule has 0 aliphatic heterocycles. The zero-order chi connectivity index (χ0) is 25.9. The van der Waals surface area contributed by atoms with Gasteiger partial charge in [-0.15, -0.1) is 11.3 Å². The number of thiophene rings is 1. The molecule has 2 aromatic carbocycles. The number of methoxy groups -OCH3 is 3. The van der Waals surface area contributed by atoms with E-state index in [1.54, 1.807) is 38.9 Å². The van der Waals surface area contributed by atoms with Crippen LogP contribution in [0.5, 0.6) is 17.2 Å². The molecule has 1 aliphatic carbocycles. The van der Waals surface area contributed by atoms with E-state index < -0.39 is 0 Å². The average Bonchev–Trinajstić information content (AvgIpc) is 3.24. The van der Waals surface area contributed by atoms with Gasteiger partial charge in [-0.1, -0.05) is 26.8 Å². The molecule has 0 bridgehead atoms. The van der Waals surface area contributed by atoms with E-state index in [1.165, 1.54) is 4.88 Å². The number of anilines is 1. The number of fused-ring (bicyclic) bond motifs is 1. The highest BCUT2D eigenvalue weighted by atomic mass is 32.1. The summed E-state index contributed by atoms with van der Waals surface area (Å²) in [5.41, 5.74) is 3.50. The molecule has 1 atom stereocenters. The summed E-state index contributed by atoms with van der Waals surface area (Å²) in [7, 11) is 4.84. The number of hydrogen-bond acceptors (Lipinski definition) is 6. The molecule has 0 radical (unpaired) electrons. The predicted octanol–water partition coefficient (Wildman–Crippen LogP) is 6.93. The highest BCUT2D eigenvalue weighted by Crippen LogP contribution is 2.45. The summed E-state index contributed by atoms with van der Waals surface area (Å²) in [6.45, 7) is 6.88. The first-order valence-electron chi connectivity index (χ1n) is 12.1. The van der Waals surface area contributed by atoms with Gasteiger partial charge in [0, 0.05) is 22.3 Å². The standard InChI is InChI=1S/C29H34N2O4S/c1-29(2,3)19-10-15-22-24(16-19)36-28(30-17-18-8-7-9-23(34-5)26(18)35-6)25(22)27(32)31-20-11-13-21(33-4)14-12-20/h7-9,11-14,17,19H,10,15-16H2,1-6H3,(H,31,32)/t19-/m0/s1. The van der Waals surface area contributed by atoms with Crippen LogP contribution in [0.15, 0.2) is 47.5 Å². The number of aliphatic imine (C=N–C) groups is 1. The average molecular weight is 507 g/mol. The number of nitrogens with one attached hydrogen (secondary N) is 1. The van der Waals surface area contributed by atoms with Crippen molar-refractivity contribution in [2.75, 3.05) is 26.6 Å². The van der Waals surface area contributed by atoms with Crippen molar-refractivity contribution in [2.45, 2.75) is 40.0 Å². The minimum atomic E-state index is -0.142. The lowest BCUT2D eigenvalue weighted by Crippen LogP contribution is -2.27. The van der Waals surface area contributed by atoms with Gasteiger partial charge in [-0.3, -0.25) is 4.79 Å². The number of ether oxygens (including phenoxy) is 3. The fraction of sp³-hybridized carbons (Fsp3) is 0.379. The van der Waals surface area contributed by atoms with E-state index in [2.05, 4.69) is 26.1 Å². The van der Waals surface area contributed by atoms with Crippen molar-refractivity contribution in [3.63, 3.8) is 0 Å². The van der Waals surface area contributed by atoms with Crippen molar-refractivity contribution in [3.8, 4) is 17.2 Å². The summed E-state index contributed by atoms with van der Waals surface area (Å²) in [6.07, 6.45) is 4.65. The second-order valence-corrected chi connectivity index (χ2v) is 11.1. The Kier molecular flexibility index (Phi) is 7.69. The van der Waals surface area contributed by atoms with Crippen LogP contribution in [0, 0.1) is 11.3 Å². The summed E-state index contributed by atoms with van der Waals surface area (Å²) in [6, 6.07) is 13.0. The zero-order valence-electron chi connectivity index (χ0n) is 21.8. The van der Waals surface area contributed by atoms with Crippen molar-refractivity contribution in [1.82, 2.24) is 0 Å². The third-order valence-electron chi connectivity index (χ3n) is 6.80. The van der Waals surface area contributed by atoms with Crippen molar-refractivity contribution in [2.24, 2.45) is 16.3 Å². The maximum absolute atomic E-state index is 13.6. The number of carbonyl (C=O) groups is 1. The van der Waals surface area contributed by atoms with Crippen LogP contribution in [0.1, 0.15) is 53.6 Å². The van der Waals surface area contributed by atoms with E-state index >= 15 is 0 Å². The number of amides is 1. The van der Waals surface area contributed by atoms with Gasteiger partial charge in [-0.05, 0) is 72.6 Å². The largest absolute Gasteiger partial charge is 0.497 e. The smallest absolute Gasteiger partial charge is 0.259 e. The van der Waals surface area contributed by atoms with Crippen LogP contribution in [-0.2, 0) is 12.8 Å². The number of nitrogens with zero attached hydrogens (tertiary/aromatic N) is 1. The van der Waals surface area contributed by atoms with Crippen molar-refractivity contribution in [1.29, 1.82) is 0 Å². The molecule has 1 heterocycles. The minimum Gasteiger partial charge on any atom is -0.497 e. The highest BCUT2D eigenvalue weighted by molar-refractivity contribution is 7.16. The Hall–Kier alpha value is -3.32. The summed E-state index contributed by atoms with van der Waals surface area (Å²) in [5.74, 6) is 2.42. The molecule has 0 saturated heterocycles. The predicted molar refractivity (Wildman–Crippen MR) is 147 cm³/mol. The lowest BCUT2D eigenvalue weighted by Gasteiger charge is -2.33. The number of benzene rings is 2. The molecular weight excluding hydrogens is 472 g/mol. The Morgan fingerprint density at radius 3 is 2.44 bits per heavy atom. The van der Waals surface area contributed by atoms with E-state index in [4.69, 9.17) is 19.2 Å². The Morgan fingerprint density at radius 2 is 1.81 bits per heavy atom. The topological polar surface area (TPSA) is 69.2 Å². The maximum atomic E-state index is 13.6. The molecule has 1 aliphatic rings. The van der Waals surface area contributed by atoms with Crippen LogP contribution >= 0.6 is 11.3 Å². The number of hydrogen-bond donors (Lipinski definition) is 1. The molecule has 1 aromatic heterocycles. The van der Waals surface area contributed by atoms with Crippen LogP contribution in [0.25, 0.3) is 0 Å². The van der Waals surface area contributed by atoms with E-state index in [0.29, 0.717) is 33.7 Å². The molecule has 1 N–H and O–H groups in total. The van der Waals surface area contributed by atoms with Gasteiger partial charge in [0.25, 0.3) is 5.91 Å². The zero-order valence-corrected chi connectivity index (χ0v) is 22.6. The van der Waals surface area contributed by atoms with Crippen molar-refractivity contribution < 1.29 is 19.0 Å². The molecule has 6 nitrogen and oxygen atoms in total. The highest BCUT2D eigenvalue weighted by Gasteiger charge is 2.33. The van der Waals surface area contributed by atoms with Gasteiger partial charge in [0.15, 0.2) is 11.5 Å². The van der Waals surface area contributed by atoms with Gasteiger partial charge in [-0.2, -0.15) is 0 Å². The molecule has 4 rings (SSSR count). The normalized spacial score (nSPS) is 15.4. The molecular formula is C29H34N2O4S. The van der Waals surface area contributed by atoms with Gasteiger partial charge >= 0.3 is 0 Å². The summed E-state index contributed by atoms with van der Waals surface area (Å²) < 4.78 is 16.2. The first-order chi connectivity index (χ1) is 17.2. The molecule has 3 aromatic rings. The molecule has 7 heteroatoms. The SMILES string of the molecule is COc1ccc(NC(=O)c2c(N=Cc3cccc(OC)c3OC)sc3c2CC[C@H](C(C)(C)C)C3)cc1. The van der Waals surface area contributed by atoms with Crippen LogP contribution in [0.3, 0.4) is 0 Å². The quantitative estimate of drug-likeness (QED) is 0.353. The lowest BCUT2D eigenvalue weighted by atomic mass is 9.72. The van der Waals surface area contributed by atoms with E-state index in [9.17, 15) is 4.79 Å². The van der Waals surface area contributed by atoms with Crippen LogP contribution < -0.4 is 19.5 Å². The number of para-hydroxylation sites is 1. The first kappa shape index (κ1) is 25.8. The van der Waals surface area contributed by atoms with E-state index in [0.717, 1.165) is 36.1 Å². The Morgan fingerprint density at radius 1 is 1.06 bits per heavy atom. The Labute approximate surface area is 217 Å². The van der Waals surface area contributed by atoms with E-state index in [-0.39, 0.29) is 11.3 Å². The summed E-state index contributed by atoms with van der Waals surface area (Å²) >= 11 is 1.62. The third-order valence-corrected chi connectivity index (χ3v) is 7.96. The fourth-order valence-corrected chi connectivity index (χ4v) is 5.91. The molecule has 0 saturated carbocycles. The fourth-order valence-electron chi connectivity index (χ4n) is 4.65. The van der Waals surface area contributed by atoms with Crippen molar-refractivity contribution >= 4 is 34.1 Å². The molecule has 0 unspecified atom stereocenters. The number of rotatable bonds is 7. The van der Waals surface area contributed by atoms with Gasteiger partial charge in [0.05, 0.1) is 26.9 Å².